The summed E-state index contributed by atoms with van der Waals surface area (Å²) in [5.74, 6) is 14.3. The zero-order chi connectivity index (χ0) is 103. The number of aliphatic imine (C=N–C) groups is 1. The minimum absolute atomic E-state index is 0.552. The van der Waals surface area contributed by atoms with Crippen LogP contribution in [0.2, 0.25) is 0 Å². The van der Waals surface area contributed by atoms with Gasteiger partial charge in [-0.2, -0.15) is 0 Å². The Bertz CT molecular complexity index is 6240. The minimum atomic E-state index is 0.552. The maximum absolute atomic E-state index is 5.72. The summed E-state index contributed by atoms with van der Waals surface area (Å²) in [6.45, 7) is 34.2. The van der Waals surface area contributed by atoms with Crippen molar-refractivity contribution in [3.63, 3.8) is 0 Å². The number of amidine groups is 1. The third kappa shape index (κ3) is 31.4. The molecule has 0 saturated heterocycles. The number of hydrogen-bond donors (Lipinski definition) is 1. The lowest BCUT2D eigenvalue weighted by Gasteiger charge is -2.26. The van der Waals surface area contributed by atoms with Crippen LogP contribution in [0, 0.1) is 65.1 Å². The summed E-state index contributed by atoms with van der Waals surface area (Å²) in [6.07, 6.45) is 47.4. The number of nitrogens with two attached hydrogens (primary N) is 1. The van der Waals surface area contributed by atoms with Gasteiger partial charge in [-0.05, 0) is 447 Å². The average Bonchev–Trinajstić information content (AvgIpc) is 1.38. The van der Waals surface area contributed by atoms with Gasteiger partial charge in [0.15, 0.2) is 5.17 Å². The quantitative estimate of drug-likeness (QED) is 0.149. The Hall–Kier alpha value is -10.9. The molecule has 13 unspecified atom stereocenters. The number of fused-ring (bicyclic) bond motifs is 17. The highest BCUT2D eigenvalue weighted by Gasteiger charge is 2.35. The number of pyridine rings is 2. The molecule has 0 bridgehead atoms. The summed E-state index contributed by atoms with van der Waals surface area (Å²) in [5, 5.41) is 7.18. The van der Waals surface area contributed by atoms with E-state index in [-0.39, 0.29) is 0 Å². The van der Waals surface area contributed by atoms with Crippen LogP contribution < -0.4 is 24.7 Å². The van der Waals surface area contributed by atoms with Crippen LogP contribution in [0.4, 0.5) is 0 Å². The lowest BCUT2D eigenvalue weighted by Crippen LogP contribution is -2.26. The van der Waals surface area contributed by atoms with E-state index in [0.29, 0.717) is 29.0 Å². The van der Waals surface area contributed by atoms with Crippen molar-refractivity contribution in [2.24, 2.45) is 75.8 Å². The molecule has 0 spiro atoms. The van der Waals surface area contributed by atoms with Gasteiger partial charge in [0.05, 0.1) is 32.1 Å². The van der Waals surface area contributed by atoms with Crippen molar-refractivity contribution in [3.8, 4) is 23.1 Å². The summed E-state index contributed by atoms with van der Waals surface area (Å²) in [4.78, 5) is 14.4. The molecule has 28 rings (SSSR count). The maximum Gasteiger partial charge on any atom is 0.216 e. The lowest BCUT2D eigenvalue weighted by atomic mass is 9.80. The molecule has 782 valence electrons. The molecule has 0 radical (unpaired) electrons. The first-order chi connectivity index (χ1) is 72.5. The van der Waals surface area contributed by atoms with Crippen molar-refractivity contribution in [2.75, 3.05) is 25.6 Å². The summed E-state index contributed by atoms with van der Waals surface area (Å²) in [6, 6.07) is 88.1. The van der Waals surface area contributed by atoms with Gasteiger partial charge in [-0.15, -0.1) is 11.8 Å². The number of benzene rings is 11. The van der Waals surface area contributed by atoms with Crippen molar-refractivity contribution >= 4 is 50.2 Å². The van der Waals surface area contributed by atoms with Crippen LogP contribution >= 0.6 is 23.5 Å². The molecule has 8 heterocycles. The zero-order valence-corrected chi connectivity index (χ0v) is 93.7. The number of thioether (sulfide) groups is 2. The van der Waals surface area contributed by atoms with E-state index in [9.17, 15) is 0 Å². The van der Waals surface area contributed by atoms with E-state index in [2.05, 4.69) is 305 Å². The second-order valence-corrected chi connectivity index (χ2v) is 49.2. The third-order valence-electron chi connectivity index (χ3n) is 33.2. The lowest BCUT2D eigenvalue weighted by molar-refractivity contribution is 0.224. The number of hydrogen-bond acceptors (Lipinski definition) is 10. The zero-order valence-electron chi connectivity index (χ0n) is 92.1. The fourth-order valence-corrected chi connectivity index (χ4v) is 26.7. The van der Waals surface area contributed by atoms with Crippen molar-refractivity contribution in [1.82, 2.24) is 9.97 Å². The monoisotopic (exact) mass is 2020 g/mol. The molecular formula is C139H170N4O4S2. The van der Waals surface area contributed by atoms with Gasteiger partial charge >= 0.3 is 0 Å². The van der Waals surface area contributed by atoms with Crippen molar-refractivity contribution in [1.29, 1.82) is 0 Å². The van der Waals surface area contributed by atoms with Crippen LogP contribution in [-0.2, 0) is 135 Å². The predicted octanol–water partition coefficient (Wildman–Crippen LogP) is 33.8. The highest BCUT2D eigenvalue weighted by Crippen LogP contribution is 2.42. The number of allylic oxidation sites excluding steroid dienone is 2. The molecule has 8 nitrogen and oxygen atoms in total. The highest BCUT2D eigenvalue weighted by molar-refractivity contribution is 8.14. The van der Waals surface area contributed by atoms with Crippen LogP contribution in [-0.4, -0.2) is 52.0 Å². The molecule has 1 saturated carbocycles. The number of aryl methyl sites for hydroxylation is 9. The Labute approximate surface area is 904 Å². The SMILES string of the molecule is C=C1Cc2ccccc2CC1C.CC1=COc2ccccc2C1.CC1CCC2N=C(N)SC2C1.CC1CCc2cc3c(cc2C1)CCCC3.CC1CCc2cc3c(cc2C1)OCCC3.CC1CCc2cc3ccccc3cc2C1.CC1CCc2ccc3ccccc3c2C1.CC1CCc2ccccc2C1.CC1CCc2ncccc2C1.CC1COc2ccccc2C1.CC1COc2ncccc2C1.CC1CSc2ccccc2C1. The number of para-hydroxylation sites is 2. The summed E-state index contributed by atoms with van der Waals surface area (Å²) < 4.78 is 22.1. The van der Waals surface area contributed by atoms with Crippen molar-refractivity contribution in [3.05, 3.63) is 396 Å². The van der Waals surface area contributed by atoms with E-state index in [0.717, 1.165) is 121 Å². The smallest absolute Gasteiger partial charge is 0.216 e. The first kappa shape index (κ1) is 109. The van der Waals surface area contributed by atoms with Gasteiger partial charge < -0.3 is 24.7 Å². The van der Waals surface area contributed by atoms with Gasteiger partial charge in [0.1, 0.15) is 17.2 Å². The van der Waals surface area contributed by atoms with Gasteiger partial charge in [0.2, 0.25) is 5.88 Å². The Morgan fingerprint density at radius 3 is 1.52 bits per heavy atom. The molecular weight excluding hydrogens is 1850 g/mol. The fourth-order valence-electron chi connectivity index (χ4n) is 24.3. The van der Waals surface area contributed by atoms with Gasteiger partial charge in [-0.25, -0.2) is 4.98 Å². The third-order valence-corrected chi connectivity index (χ3v) is 35.8. The molecule has 2 aromatic heterocycles. The normalized spacial score (nSPS) is 23.3. The topological polar surface area (TPSA) is 101 Å². The standard InChI is InChI=1S/C15H20.2C15H16.C14H18O.C12H14.C11H14.C10H13N.C10H12O.C10H10O.C10H12S.C9H11NO.C8H14N2S/c2*1-11-6-7-14-9-12-4-2-3-5-13(12)10-15(14)8-11;1-11-6-7-13-9-8-12-4-2-3-5-14(12)15(13)10-11;1-10-4-5-11-8-12-3-2-6-15-14(12)9-13(11)7-10;1-9-7-11-5-3-4-6-12(11)8-10(9)2;1-9-6-7-10-4-2-3-5-11(10)8-9;1-8-4-5-10-9(7-8)3-2-6-11-10;3*1-8-6-9-4-2-3-5-10(9)11-7-8;1-7-5-8-3-2-4-10-9(8)11-6-7;1-5-2-3-6-7(4-5)11-8(9)10-6/h9-11H,2-8H2,1H3;2-5,9-11H,6-8H2,1H3;2-5,8-9,11H,6-7,10H2,1H3;8-10H,2-7H2,1H3;3-6,10H,1,7-8H2,2H3;2-5,9H,6-8H2,1H3;2-3,6,8H,4-5,7H2,1H3;2-5,8H,6-7H2,1H3;2-5,7H,6H2,1H3;2-5,8H,6-7H2,1H3;2-4,7H,5-6H2,1H3;5-7H,2-4H2,1H3,(H2,9,10). The van der Waals surface area contributed by atoms with E-state index in [1.807, 2.05) is 66.7 Å². The van der Waals surface area contributed by atoms with E-state index < -0.39 is 0 Å². The summed E-state index contributed by atoms with van der Waals surface area (Å²) in [7, 11) is 0. The van der Waals surface area contributed by atoms with Gasteiger partial charge in [-0.3, -0.25) is 9.98 Å². The molecule has 9 aliphatic carbocycles. The minimum Gasteiger partial charge on any atom is -0.493 e. The van der Waals surface area contributed by atoms with E-state index in [4.69, 9.17) is 24.7 Å². The van der Waals surface area contributed by atoms with Crippen LogP contribution in [0.5, 0.6) is 23.1 Å². The van der Waals surface area contributed by atoms with Crippen LogP contribution in [0.3, 0.4) is 0 Å². The van der Waals surface area contributed by atoms with Crippen LogP contribution in [0.1, 0.15) is 277 Å². The summed E-state index contributed by atoms with van der Waals surface area (Å²) >= 11 is 3.78. The Morgan fingerprint density at radius 2 is 0.812 bits per heavy atom. The number of aromatic nitrogens is 2. The first-order valence-electron chi connectivity index (χ1n) is 57.5. The number of rotatable bonds is 0. The molecule has 2 N–H and O–H groups in total. The molecule has 6 aliphatic heterocycles. The van der Waals surface area contributed by atoms with Gasteiger partial charge in [-0.1, -0.05) is 306 Å². The van der Waals surface area contributed by atoms with Crippen LogP contribution in [0.15, 0.2) is 289 Å². The summed E-state index contributed by atoms with van der Waals surface area (Å²) in [5.41, 5.74) is 40.2. The van der Waals surface area contributed by atoms with Gasteiger partial charge in [0.25, 0.3) is 0 Å². The molecule has 15 aliphatic rings. The van der Waals surface area contributed by atoms with Crippen molar-refractivity contribution < 1.29 is 18.9 Å². The van der Waals surface area contributed by atoms with E-state index in [1.54, 1.807) is 79.2 Å². The largest absolute Gasteiger partial charge is 0.493 e. The van der Waals surface area contributed by atoms with Gasteiger partial charge in [0, 0.05) is 46.0 Å². The molecule has 0 amide bonds. The Kier molecular flexibility index (Phi) is 39.9. The fraction of sp³-hybridized carbons (Fsp3) is 0.446. The second kappa shape index (κ2) is 54.4. The molecule has 149 heavy (non-hydrogen) atoms. The van der Waals surface area contributed by atoms with Crippen LogP contribution in [0.25, 0.3) is 21.5 Å². The molecule has 1 fully saturated rings. The molecule has 13 atom stereocenters. The molecule has 13 aromatic rings. The number of ether oxygens (including phenoxy) is 4. The highest BCUT2D eigenvalue weighted by atomic mass is 32.2. The first-order valence-corrected chi connectivity index (χ1v) is 59.4. The van der Waals surface area contributed by atoms with E-state index in [1.165, 1.54) is 285 Å². The Morgan fingerprint density at radius 1 is 0.329 bits per heavy atom. The number of nitrogens with zero attached hydrogens (tertiary/aromatic N) is 3. The maximum atomic E-state index is 5.72. The molecule has 11 aromatic carbocycles. The second-order valence-electron chi connectivity index (χ2n) is 46.9. The Balaban J connectivity index is 0.000000111. The van der Waals surface area contributed by atoms with Crippen molar-refractivity contribution in [2.45, 2.75) is 311 Å². The predicted molar refractivity (Wildman–Crippen MR) is 633 cm³/mol. The van der Waals surface area contributed by atoms with E-state index >= 15 is 0 Å². The average molecular weight is 2030 g/mol. The molecule has 10 heteroatoms.